The number of rotatable bonds is 2. The first-order valence-electron chi connectivity index (χ1n) is 7.82. The minimum absolute atomic E-state index is 0.0636. The maximum atomic E-state index is 12.1. The third kappa shape index (κ3) is 3.53. The number of aromatic nitrogens is 4. The zero-order chi connectivity index (χ0) is 17.5. The minimum atomic E-state index is -0.497. The van der Waals surface area contributed by atoms with Crippen LogP contribution in [0.25, 0.3) is 11.2 Å². The maximum Gasteiger partial charge on any atom is 0.410 e. The molecule has 0 spiro atoms. The van der Waals surface area contributed by atoms with Crippen LogP contribution in [-0.2, 0) is 11.8 Å². The number of amides is 1. The molecule has 2 aromatic heterocycles. The number of carbonyl (C=O) groups is 1. The van der Waals surface area contributed by atoms with Crippen LogP contribution in [0.5, 0.6) is 0 Å². The third-order valence-corrected chi connectivity index (χ3v) is 3.88. The van der Waals surface area contributed by atoms with Crippen LogP contribution in [0.2, 0.25) is 5.28 Å². The number of nitrogens with one attached hydrogen (secondary N) is 1. The standard InChI is InChI=1S/C15H21ClN6O2/c1-15(2,3)24-14(23)22-6-5-9(7-22)18-11-10-12(20-13(16)19-11)21(4)8-17-10/h8-9H,5-7H2,1-4H3,(H,18,19,20)/t9-/m0/s1. The molecule has 1 atom stereocenters. The van der Waals surface area contributed by atoms with Gasteiger partial charge in [0, 0.05) is 26.2 Å². The quantitative estimate of drug-likeness (QED) is 0.835. The summed E-state index contributed by atoms with van der Waals surface area (Å²) in [6.07, 6.45) is 2.17. The van der Waals surface area contributed by atoms with Crippen molar-refractivity contribution in [2.75, 3.05) is 18.4 Å². The van der Waals surface area contributed by atoms with Gasteiger partial charge in [0.25, 0.3) is 0 Å². The molecular formula is C15H21ClN6O2. The SMILES string of the molecule is Cn1cnc2c(N[C@H]3CCN(C(=O)OC(C)(C)C)C3)nc(Cl)nc21. The molecule has 0 unspecified atom stereocenters. The smallest absolute Gasteiger partial charge is 0.410 e. The first-order valence-corrected chi connectivity index (χ1v) is 8.20. The normalized spacial score (nSPS) is 18.2. The lowest BCUT2D eigenvalue weighted by Crippen LogP contribution is -2.36. The highest BCUT2D eigenvalue weighted by Crippen LogP contribution is 2.23. The Morgan fingerprint density at radius 2 is 2.17 bits per heavy atom. The summed E-state index contributed by atoms with van der Waals surface area (Å²) < 4.78 is 7.20. The number of halogens is 1. The highest BCUT2D eigenvalue weighted by atomic mass is 35.5. The molecule has 0 aromatic carbocycles. The largest absolute Gasteiger partial charge is 0.444 e. The lowest BCUT2D eigenvalue weighted by Gasteiger charge is -2.24. The van der Waals surface area contributed by atoms with Gasteiger partial charge in [-0.15, -0.1) is 0 Å². The van der Waals surface area contributed by atoms with Crippen LogP contribution in [0, 0.1) is 0 Å². The van der Waals surface area contributed by atoms with Gasteiger partial charge in [-0.3, -0.25) is 0 Å². The maximum absolute atomic E-state index is 12.1. The number of likely N-dealkylation sites (tertiary alicyclic amines) is 1. The average Bonchev–Trinajstić information content (AvgIpc) is 3.05. The van der Waals surface area contributed by atoms with E-state index in [0.717, 1.165) is 6.42 Å². The summed E-state index contributed by atoms with van der Waals surface area (Å²) in [7, 11) is 1.85. The van der Waals surface area contributed by atoms with Crippen molar-refractivity contribution >= 4 is 34.7 Å². The molecule has 24 heavy (non-hydrogen) atoms. The predicted octanol–water partition coefficient (Wildman–Crippen LogP) is 2.44. The number of imidazole rings is 1. The molecule has 3 rings (SSSR count). The number of anilines is 1. The van der Waals surface area contributed by atoms with Gasteiger partial charge in [0.2, 0.25) is 5.28 Å². The van der Waals surface area contributed by atoms with Gasteiger partial charge in [-0.25, -0.2) is 9.78 Å². The van der Waals surface area contributed by atoms with E-state index >= 15 is 0 Å². The van der Waals surface area contributed by atoms with Crippen molar-refractivity contribution < 1.29 is 9.53 Å². The van der Waals surface area contributed by atoms with Gasteiger partial charge in [0.1, 0.15) is 5.60 Å². The molecule has 1 saturated heterocycles. The van der Waals surface area contributed by atoms with Crippen molar-refractivity contribution in [3.05, 3.63) is 11.6 Å². The highest BCUT2D eigenvalue weighted by Gasteiger charge is 2.30. The van der Waals surface area contributed by atoms with Crippen LogP contribution < -0.4 is 5.32 Å². The Bertz CT molecular complexity index is 769. The van der Waals surface area contributed by atoms with Crippen LogP contribution in [0.15, 0.2) is 6.33 Å². The van der Waals surface area contributed by atoms with E-state index in [1.54, 1.807) is 15.8 Å². The van der Waals surface area contributed by atoms with E-state index in [1.807, 2.05) is 27.8 Å². The second kappa shape index (κ2) is 6.08. The first-order chi connectivity index (χ1) is 11.2. The molecule has 3 heterocycles. The molecule has 2 aromatic rings. The summed E-state index contributed by atoms with van der Waals surface area (Å²) in [6, 6.07) is 0.0636. The van der Waals surface area contributed by atoms with E-state index in [1.165, 1.54) is 0 Å². The fourth-order valence-electron chi connectivity index (χ4n) is 2.64. The van der Waals surface area contributed by atoms with Gasteiger partial charge in [-0.05, 0) is 38.8 Å². The topological polar surface area (TPSA) is 85.2 Å². The first kappa shape index (κ1) is 16.8. The molecule has 9 heteroatoms. The van der Waals surface area contributed by atoms with E-state index in [9.17, 15) is 4.79 Å². The fraction of sp³-hybridized carbons (Fsp3) is 0.600. The molecule has 1 amide bonds. The van der Waals surface area contributed by atoms with Crippen LogP contribution in [0.3, 0.4) is 0 Å². The van der Waals surface area contributed by atoms with Gasteiger partial charge in [0.05, 0.1) is 6.33 Å². The van der Waals surface area contributed by atoms with Crippen molar-refractivity contribution in [3.63, 3.8) is 0 Å². The molecular weight excluding hydrogens is 332 g/mol. The number of aryl methyl sites for hydroxylation is 1. The molecule has 1 N–H and O–H groups in total. The number of hydrogen-bond acceptors (Lipinski definition) is 6. The number of carbonyl (C=O) groups excluding carboxylic acids is 1. The van der Waals surface area contributed by atoms with Crippen molar-refractivity contribution in [1.29, 1.82) is 0 Å². The van der Waals surface area contributed by atoms with E-state index in [2.05, 4.69) is 20.3 Å². The van der Waals surface area contributed by atoms with Crippen LogP contribution in [-0.4, -0.2) is 55.2 Å². The number of hydrogen-bond donors (Lipinski definition) is 1. The van der Waals surface area contributed by atoms with Crippen molar-refractivity contribution in [2.45, 2.75) is 38.8 Å². The molecule has 1 aliphatic heterocycles. The Morgan fingerprint density at radius 1 is 1.42 bits per heavy atom. The second-order valence-corrected chi connectivity index (χ2v) is 7.26. The zero-order valence-corrected chi connectivity index (χ0v) is 15.0. The van der Waals surface area contributed by atoms with E-state index in [0.29, 0.717) is 30.1 Å². The molecule has 130 valence electrons. The molecule has 0 radical (unpaired) electrons. The number of ether oxygens (including phenoxy) is 1. The minimum Gasteiger partial charge on any atom is -0.444 e. The summed E-state index contributed by atoms with van der Waals surface area (Å²) in [6.45, 7) is 6.76. The van der Waals surface area contributed by atoms with Gasteiger partial charge >= 0.3 is 6.09 Å². The Hall–Kier alpha value is -2.09. The van der Waals surface area contributed by atoms with Crippen LogP contribution >= 0.6 is 11.6 Å². The summed E-state index contributed by atoms with van der Waals surface area (Å²) in [5.74, 6) is 0.585. The van der Waals surface area contributed by atoms with Gasteiger partial charge in [-0.2, -0.15) is 9.97 Å². The molecule has 8 nitrogen and oxygen atoms in total. The summed E-state index contributed by atoms with van der Waals surface area (Å²) in [5, 5.41) is 3.49. The monoisotopic (exact) mass is 352 g/mol. The lowest BCUT2D eigenvalue weighted by molar-refractivity contribution is 0.0293. The predicted molar refractivity (Wildman–Crippen MR) is 91.1 cm³/mol. The van der Waals surface area contributed by atoms with Crippen molar-refractivity contribution in [3.8, 4) is 0 Å². The third-order valence-electron chi connectivity index (χ3n) is 3.71. The Kier molecular flexibility index (Phi) is 4.25. The van der Waals surface area contributed by atoms with E-state index < -0.39 is 5.60 Å². The van der Waals surface area contributed by atoms with Crippen LogP contribution in [0.1, 0.15) is 27.2 Å². The molecule has 0 saturated carbocycles. The Morgan fingerprint density at radius 3 is 2.88 bits per heavy atom. The number of nitrogens with zero attached hydrogens (tertiary/aromatic N) is 5. The fourth-order valence-corrected chi connectivity index (χ4v) is 2.81. The summed E-state index contributed by atoms with van der Waals surface area (Å²) in [5.41, 5.74) is 0.834. The van der Waals surface area contributed by atoms with Crippen LogP contribution in [0.4, 0.5) is 10.6 Å². The van der Waals surface area contributed by atoms with Gasteiger partial charge in [-0.1, -0.05) is 0 Å². The molecule has 0 aliphatic carbocycles. The number of fused-ring (bicyclic) bond motifs is 1. The van der Waals surface area contributed by atoms with Crippen molar-refractivity contribution in [1.82, 2.24) is 24.4 Å². The summed E-state index contributed by atoms with van der Waals surface area (Å²) >= 11 is 6.00. The average molecular weight is 353 g/mol. The van der Waals surface area contributed by atoms with Crippen molar-refractivity contribution in [2.24, 2.45) is 7.05 Å². The molecule has 0 bridgehead atoms. The summed E-state index contributed by atoms with van der Waals surface area (Å²) in [4.78, 5) is 26.6. The Labute approximate surface area is 145 Å². The van der Waals surface area contributed by atoms with E-state index in [4.69, 9.17) is 16.3 Å². The highest BCUT2D eigenvalue weighted by molar-refractivity contribution is 6.28. The van der Waals surface area contributed by atoms with E-state index in [-0.39, 0.29) is 17.4 Å². The zero-order valence-electron chi connectivity index (χ0n) is 14.2. The second-order valence-electron chi connectivity index (χ2n) is 6.93. The van der Waals surface area contributed by atoms with Gasteiger partial charge in [0.15, 0.2) is 17.0 Å². The Balaban J connectivity index is 1.71. The molecule has 1 fully saturated rings. The lowest BCUT2D eigenvalue weighted by atomic mass is 10.2. The molecule has 1 aliphatic rings. The van der Waals surface area contributed by atoms with Gasteiger partial charge < -0.3 is 19.5 Å².